The van der Waals surface area contributed by atoms with Crippen molar-refractivity contribution in [3.8, 4) is 6.07 Å². The maximum Gasteiger partial charge on any atom is 0.158 e. The van der Waals surface area contributed by atoms with Crippen molar-refractivity contribution in [3.05, 3.63) is 18.1 Å². The van der Waals surface area contributed by atoms with Crippen LogP contribution in [0.5, 0.6) is 0 Å². The molecule has 4 nitrogen and oxygen atoms in total. The largest absolute Gasteiger partial charge is 0.352 e. The van der Waals surface area contributed by atoms with Crippen LogP contribution >= 0.6 is 0 Å². The Bertz CT molecular complexity index is 420. The van der Waals surface area contributed by atoms with Crippen molar-refractivity contribution in [2.75, 3.05) is 11.4 Å². The number of piperidine rings is 1. The number of rotatable bonds is 1. The van der Waals surface area contributed by atoms with Gasteiger partial charge in [-0.25, -0.2) is 9.97 Å². The van der Waals surface area contributed by atoms with Crippen molar-refractivity contribution in [2.24, 2.45) is 11.8 Å². The number of nitriles is 1. The first-order valence-corrected chi connectivity index (χ1v) is 6.10. The third-order valence-electron chi connectivity index (χ3n) is 3.64. The molecule has 0 N–H and O–H groups in total. The molecule has 2 rings (SSSR count). The standard InChI is InChI=1S/C13H18N4/c1-9-4-10(2)11(3)17(8-9)13-7-15-12(5-14)6-16-13/h6-7,9-11H,4,8H2,1-3H3. The number of hydrogen-bond acceptors (Lipinski definition) is 4. The van der Waals surface area contributed by atoms with Gasteiger partial charge in [0.15, 0.2) is 5.69 Å². The maximum absolute atomic E-state index is 8.71. The maximum atomic E-state index is 8.71. The summed E-state index contributed by atoms with van der Waals surface area (Å²) in [5, 5.41) is 8.71. The molecule has 0 bridgehead atoms. The molecule has 1 aliphatic heterocycles. The van der Waals surface area contributed by atoms with Crippen LogP contribution in [0.4, 0.5) is 5.82 Å². The van der Waals surface area contributed by atoms with E-state index in [2.05, 4.69) is 35.6 Å². The fraction of sp³-hybridized carbons (Fsp3) is 0.615. The van der Waals surface area contributed by atoms with E-state index in [1.807, 2.05) is 6.07 Å². The van der Waals surface area contributed by atoms with Crippen LogP contribution in [0, 0.1) is 23.2 Å². The molecule has 0 aliphatic carbocycles. The lowest BCUT2D eigenvalue weighted by Crippen LogP contribution is -2.46. The predicted molar refractivity (Wildman–Crippen MR) is 66.5 cm³/mol. The Morgan fingerprint density at radius 3 is 2.65 bits per heavy atom. The van der Waals surface area contributed by atoms with Gasteiger partial charge in [0.1, 0.15) is 11.9 Å². The summed E-state index contributed by atoms with van der Waals surface area (Å²) in [5.41, 5.74) is 0.375. The molecular formula is C13H18N4. The molecule has 2 heterocycles. The molecule has 0 amide bonds. The molecule has 1 aromatic rings. The Morgan fingerprint density at radius 1 is 1.29 bits per heavy atom. The normalized spacial score (nSPS) is 28.8. The van der Waals surface area contributed by atoms with Gasteiger partial charge in [-0.05, 0) is 25.2 Å². The lowest BCUT2D eigenvalue weighted by atomic mass is 9.86. The Hall–Kier alpha value is -1.63. The summed E-state index contributed by atoms with van der Waals surface area (Å²) in [7, 11) is 0. The van der Waals surface area contributed by atoms with Gasteiger partial charge >= 0.3 is 0 Å². The van der Waals surface area contributed by atoms with Crippen molar-refractivity contribution in [1.82, 2.24) is 9.97 Å². The first kappa shape index (κ1) is 11.8. The molecule has 1 fully saturated rings. The van der Waals surface area contributed by atoms with Gasteiger partial charge < -0.3 is 4.90 Å². The predicted octanol–water partition coefficient (Wildman–Crippen LogP) is 2.22. The molecule has 3 atom stereocenters. The molecular weight excluding hydrogens is 212 g/mol. The Morgan fingerprint density at radius 2 is 2.06 bits per heavy atom. The smallest absolute Gasteiger partial charge is 0.158 e. The lowest BCUT2D eigenvalue weighted by molar-refractivity contribution is 0.295. The monoisotopic (exact) mass is 230 g/mol. The average molecular weight is 230 g/mol. The second kappa shape index (κ2) is 4.70. The fourth-order valence-corrected chi connectivity index (χ4v) is 2.54. The number of anilines is 1. The molecule has 3 unspecified atom stereocenters. The van der Waals surface area contributed by atoms with Gasteiger partial charge in [-0.3, -0.25) is 0 Å². The summed E-state index contributed by atoms with van der Waals surface area (Å²) >= 11 is 0. The molecule has 1 saturated heterocycles. The zero-order valence-electron chi connectivity index (χ0n) is 10.6. The zero-order valence-corrected chi connectivity index (χ0v) is 10.6. The molecule has 1 aliphatic rings. The van der Waals surface area contributed by atoms with E-state index in [1.54, 1.807) is 12.4 Å². The van der Waals surface area contributed by atoms with Crippen LogP contribution in [-0.4, -0.2) is 22.6 Å². The van der Waals surface area contributed by atoms with E-state index in [9.17, 15) is 0 Å². The highest BCUT2D eigenvalue weighted by Gasteiger charge is 2.29. The van der Waals surface area contributed by atoms with Gasteiger partial charge in [-0.1, -0.05) is 13.8 Å². The van der Waals surface area contributed by atoms with E-state index >= 15 is 0 Å². The molecule has 0 spiro atoms. The van der Waals surface area contributed by atoms with Gasteiger partial charge in [-0.2, -0.15) is 5.26 Å². The van der Waals surface area contributed by atoms with Crippen LogP contribution in [0.1, 0.15) is 32.9 Å². The molecule has 17 heavy (non-hydrogen) atoms. The molecule has 0 aromatic carbocycles. The Balaban J connectivity index is 2.22. The topological polar surface area (TPSA) is 52.8 Å². The molecule has 0 radical (unpaired) electrons. The third kappa shape index (κ3) is 2.38. The first-order chi connectivity index (χ1) is 8.11. The summed E-state index contributed by atoms with van der Waals surface area (Å²) in [6.45, 7) is 7.80. The van der Waals surface area contributed by atoms with Gasteiger partial charge in [-0.15, -0.1) is 0 Å². The van der Waals surface area contributed by atoms with E-state index in [0.717, 1.165) is 12.4 Å². The van der Waals surface area contributed by atoms with E-state index in [4.69, 9.17) is 5.26 Å². The second-order valence-electron chi connectivity index (χ2n) is 5.08. The second-order valence-corrected chi connectivity index (χ2v) is 5.08. The van der Waals surface area contributed by atoms with Crippen LogP contribution in [0.3, 0.4) is 0 Å². The molecule has 0 saturated carbocycles. The van der Waals surface area contributed by atoms with Crippen LogP contribution in [0.15, 0.2) is 12.4 Å². The Kier molecular flexibility index (Phi) is 3.28. The number of nitrogens with zero attached hydrogens (tertiary/aromatic N) is 4. The minimum Gasteiger partial charge on any atom is -0.352 e. The van der Waals surface area contributed by atoms with Crippen LogP contribution in [-0.2, 0) is 0 Å². The molecule has 4 heteroatoms. The van der Waals surface area contributed by atoms with Crippen molar-refractivity contribution in [3.63, 3.8) is 0 Å². The van der Waals surface area contributed by atoms with Gasteiger partial charge in [0.2, 0.25) is 0 Å². The number of hydrogen-bond donors (Lipinski definition) is 0. The van der Waals surface area contributed by atoms with Crippen molar-refractivity contribution in [2.45, 2.75) is 33.2 Å². The van der Waals surface area contributed by atoms with E-state index in [0.29, 0.717) is 23.6 Å². The van der Waals surface area contributed by atoms with Gasteiger partial charge in [0.05, 0.1) is 12.4 Å². The SMILES string of the molecule is CC1CC(C)C(C)N(c2cnc(C#N)cn2)C1. The summed E-state index contributed by atoms with van der Waals surface area (Å²) < 4.78 is 0. The Labute approximate surface area is 102 Å². The van der Waals surface area contributed by atoms with E-state index in [1.165, 1.54) is 6.42 Å². The van der Waals surface area contributed by atoms with E-state index < -0.39 is 0 Å². The van der Waals surface area contributed by atoms with Gasteiger partial charge in [0, 0.05) is 12.6 Å². The quantitative estimate of drug-likeness (QED) is 0.742. The van der Waals surface area contributed by atoms with Crippen LogP contribution in [0.25, 0.3) is 0 Å². The third-order valence-corrected chi connectivity index (χ3v) is 3.64. The summed E-state index contributed by atoms with van der Waals surface area (Å²) in [5.74, 6) is 2.23. The first-order valence-electron chi connectivity index (χ1n) is 6.10. The molecule has 90 valence electrons. The van der Waals surface area contributed by atoms with Crippen LogP contribution in [0.2, 0.25) is 0 Å². The summed E-state index contributed by atoms with van der Waals surface area (Å²) in [6, 6.07) is 2.47. The van der Waals surface area contributed by atoms with Crippen molar-refractivity contribution >= 4 is 5.82 Å². The minimum absolute atomic E-state index is 0.375. The summed E-state index contributed by atoms with van der Waals surface area (Å²) in [6.07, 6.45) is 4.52. The van der Waals surface area contributed by atoms with Crippen LogP contribution < -0.4 is 4.90 Å². The van der Waals surface area contributed by atoms with Gasteiger partial charge in [0.25, 0.3) is 0 Å². The molecule has 1 aromatic heterocycles. The van der Waals surface area contributed by atoms with E-state index in [-0.39, 0.29) is 0 Å². The lowest BCUT2D eigenvalue weighted by Gasteiger charge is -2.41. The summed E-state index contributed by atoms with van der Waals surface area (Å²) in [4.78, 5) is 10.7. The highest BCUT2D eigenvalue weighted by molar-refractivity contribution is 5.39. The fourth-order valence-electron chi connectivity index (χ4n) is 2.54. The highest BCUT2D eigenvalue weighted by atomic mass is 15.2. The number of aromatic nitrogens is 2. The minimum atomic E-state index is 0.375. The van der Waals surface area contributed by atoms with Crippen molar-refractivity contribution < 1.29 is 0 Å². The highest BCUT2D eigenvalue weighted by Crippen LogP contribution is 2.29. The zero-order chi connectivity index (χ0) is 12.4. The average Bonchev–Trinajstić information content (AvgIpc) is 2.34. The van der Waals surface area contributed by atoms with Crippen molar-refractivity contribution in [1.29, 1.82) is 5.26 Å².